The van der Waals surface area contributed by atoms with E-state index in [1.807, 2.05) is 31.2 Å². The predicted octanol–water partition coefficient (Wildman–Crippen LogP) is 1.67. The highest BCUT2D eigenvalue weighted by Crippen LogP contribution is 2.17. The molecule has 7 heteroatoms. The Morgan fingerprint density at radius 2 is 2.17 bits per heavy atom. The first-order valence-electron chi connectivity index (χ1n) is 7.43. The Morgan fingerprint density at radius 1 is 1.43 bits per heavy atom. The maximum Gasteiger partial charge on any atom is 0.243 e. The summed E-state index contributed by atoms with van der Waals surface area (Å²) in [7, 11) is 5.05. The van der Waals surface area contributed by atoms with Gasteiger partial charge in [-0.2, -0.15) is 0 Å². The second-order valence-corrected chi connectivity index (χ2v) is 5.73. The van der Waals surface area contributed by atoms with E-state index in [0.29, 0.717) is 24.1 Å². The van der Waals surface area contributed by atoms with Crippen LogP contribution < -0.4 is 10.6 Å². The molecule has 0 aliphatic heterocycles. The number of rotatable bonds is 7. The van der Waals surface area contributed by atoms with E-state index in [9.17, 15) is 4.79 Å². The third-order valence-corrected chi connectivity index (χ3v) is 3.41. The van der Waals surface area contributed by atoms with Crippen molar-refractivity contribution in [1.29, 1.82) is 0 Å². The van der Waals surface area contributed by atoms with Crippen LogP contribution in [0.25, 0.3) is 0 Å². The smallest absolute Gasteiger partial charge is 0.243 e. The molecule has 0 saturated heterocycles. The lowest BCUT2D eigenvalue weighted by Gasteiger charge is -2.19. The van der Waals surface area contributed by atoms with E-state index in [1.165, 1.54) is 4.90 Å². The average Bonchev–Trinajstić information content (AvgIpc) is 2.52. The Bertz CT molecular complexity index is 535. The van der Waals surface area contributed by atoms with E-state index in [-0.39, 0.29) is 18.5 Å². The van der Waals surface area contributed by atoms with Crippen LogP contribution in [0.2, 0.25) is 5.02 Å². The molecule has 0 aliphatic rings. The predicted molar refractivity (Wildman–Crippen MR) is 93.9 cm³/mol. The van der Waals surface area contributed by atoms with Crippen LogP contribution in [0.3, 0.4) is 0 Å². The zero-order valence-electron chi connectivity index (χ0n) is 14.1. The minimum absolute atomic E-state index is 0.00282. The normalized spacial score (nSPS) is 12.7. The molecule has 0 heterocycles. The van der Waals surface area contributed by atoms with E-state index in [1.54, 1.807) is 21.2 Å². The van der Waals surface area contributed by atoms with Crippen molar-refractivity contribution in [1.82, 2.24) is 15.5 Å². The van der Waals surface area contributed by atoms with Crippen molar-refractivity contribution < 1.29 is 9.53 Å². The van der Waals surface area contributed by atoms with Crippen molar-refractivity contribution in [3.63, 3.8) is 0 Å². The molecule has 128 valence electrons. The zero-order chi connectivity index (χ0) is 17.2. The first kappa shape index (κ1) is 19.3. The molecule has 0 spiro atoms. The summed E-state index contributed by atoms with van der Waals surface area (Å²) in [4.78, 5) is 17.5. The van der Waals surface area contributed by atoms with E-state index in [4.69, 9.17) is 16.3 Å². The number of likely N-dealkylation sites (N-methyl/N-ethyl adjacent to an activating group) is 1. The molecule has 0 saturated carbocycles. The van der Waals surface area contributed by atoms with Gasteiger partial charge in [0, 0.05) is 32.8 Å². The van der Waals surface area contributed by atoms with Gasteiger partial charge in [-0.05, 0) is 24.6 Å². The lowest BCUT2D eigenvalue weighted by Crippen LogP contribution is -2.41. The van der Waals surface area contributed by atoms with E-state index >= 15 is 0 Å². The number of amides is 1. The maximum absolute atomic E-state index is 11.7. The van der Waals surface area contributed by atoms with E-state index < -0.39 is 0 Å². The Kier molecular flexibility index (Phi) is 8.43. The number of halogens is 1. The van der Waals surface area contributed by atoms with Crippen molar-refractivity contribution in [3.8, 4) is 0 Å². The lowest BCUT2D eigenvalue weighted by molar-refractivity contribution is -0.127. The molecule has 6 nitrogen and oxygen atoms in total. The van der Waals surface area contributed by atoms with Crippen LogP contribution in [0.4, 0.5) is 0 Å². The van der Waals surface area contributed by atoms with E-state index in [2.05, 4.69) is 15.6 Å². The molecule has 1 unspecified atom stereocenters. The zero-order valence-corrected chi connectivity index (χ0v) is 14.9. The van der Waals surface area contributed by atoms with Gasteiger partial charge in [0.25, 0.3) is 0 Å². The Hall–Kier alpha value is -1.79. The van der Waals surface area contributed by atoms with Gasteiger partial charge in [0.2, 0.25) is 5.91 Å². The summed E-state index contributed by atoms with van der Waals surface area (Å²) in [6.07, 6.45) is 0. The Labute approximate surface area is 142 Å². The molecule has 0 fully saturated rings. The van der Waals surface area contributed by atoms with Gasteiger partial charge in [-0.15, -0.1) is 0 Å². The lowest BCUT2D eigenvalue weighted by atomic mass is 10.1. The maximum atomic E-state index is 11.7. The number of carbonyl (C=O) groups excluding carboxylic acids is 1. The fourth-order valence-corrected chi connectivity index (χ4v) is 1.98. The summed E-state index contributed by atoms with van der Waals surface area (Å²) in [5.41, 5.74) is 1.04. The third-order valence-electron chi connectivity index (χ3n) is 3.17. The Morgan fingerprint density at radius 3 is 2.78 bits per heavy atom. The summed E-state index contributed by atoms with van der Waals surface area (Å²) >= 11 is 6.03. The van der Waals surface area contributed by atoms with Crippen molar-refractivity contribution in [2.24, 2.45) is 4.99 Å². The van der Waals surface area contributed by atoms with Gasteiger partial charge in [0.15, 0.2) is 5.96 Å². The highest BCUT2D eigenvalue weighted by Gasteiger charge is 2.10. The minimum atomic E-state index is -0.0618. The van der Waals surface area contributed by atoms with Gasteiger partial charge in [0.1, 0.15) is 6.54 Å². The highest BCUT2D eigenvalue weighted by atomic mass is 35.5. The number of hydrogen-bond donors (Lipinski definition) is 2. The van der Waals surface area contributed by atoms with Crippen LogP contribution in [-0.4, -0.2) is 57.7 Å². The second-order valence-electron chi connectivity index (χ2n) is 5.29. The number of nitrogens with zero attached hydrogens (tertiary/aromatic N) is 2. The number of guanidine groups is 1. The van der Waals surface area contributed by atoms with Crippen LogP contribution in [0.15, 0.2) is 29.3 Å². The number of benzene rings is 1. The first-order chi connectivity index (χ1) is 10.9. The van der Waals surface area contributed by atoms with Crippen molar-refractivity contribution in [2.75, 3.05) is 40.9 Å². The number of carbonyl (C=O) groups is 1. The third kappa shape index (κ3) is 7.34. The summed E-state index contributed by atoms with van der Waals surface area (Å²) in [6.45, 7) is 3.24. The van der Waals surface area contributed by atoms with E-state index in [0.717, 1.165) is 5.56 Å². The molecule has 23 heavy (non-hydrogen) atoms. The van der Waals surface area contributed by atoms with Gasteiger partial charge in [0.05, 0.1) is 12.6 Å². The van der Waals surface area contributed by atoms with Crippen LogP contribution in [-0.2, 0) is 9.53 Å². The largest absolute Gasteiger partial charge is 0.383 e. The van der Waals surface area contributed by atoms with Crippen molar-refractivity contribution in [3.05, 3.63) is 34.9 Å². The number of methoxy groups -OCH3 is 1. The number of ether oxygens (including phenoxy) is 1. The van der Waals surface area contributed by atoms with Gasteiger partial charge in [-0.1, -0.05) is 23.7 Å². The second kappa shape index (κ2) is 10.1. The molecule has 1 rings (SSSR count). The average molecular weight is 341 g/mol. The van der Waals surface area contributed by atoms with Crippen LogP contribution in [0.5, 0.6) is 0 Å². The van der Waals surface area contributed by atoms with Gasteiger partial charge >= 0.3 is 0 Å². The van der Waals surface area contributed by atoms with Crippen molar-refractivity contribution in [2.45, 2.75) is 13.0 Å². The van der Waals surface area contributed by atoms with Gasteiger partial charge in [-0.3, -0.25) is 4.79 Å². The van der Waals surface area contributed by atoms with Crippen LogP contribution in [0, 0.1) is 0 Å². The summed E-state index contributed by atoms with van der Waals surface area (Å²) in [5, 5.41) is 7.09. The quantitative estimate of drug-likeness (QED) is 0.450. The first-order valence-corrected chi connectivity index (χ1v) is 7.81. The van der Waals surface area contributed by atoms with Crippen molar-refractivity contribution >= 4 is 23.5 Å². The Balaban J connectivity index is 2.74. The molecular weight excluding hydrogens is 316 g/mol. The number of nitrogens with one attached hydrogen (secondary N) is 2. The molecule has 1 aromatic carbocycles. The standard InChI is InChI=1S/C16H25ClN4O2/c1-12(13-6-5-7-14(17)10-13)20-16(18-8-9-23-4)19-11-15(22)21(2)3/h5-7,10,12H,8-9,11H2,1-4H3,(H2,18,19,20). The fraction of sp³-hybridized carbons (Fsp3) is 0.500. The molecule has 0 bridgehead atoms. The fourth-order valence-electron chi connectivity index (χ4n) is 1.78. The highest BCUT2D eigenvalue weighted by molar-refractivity contribution is 6.30. The number of aliphatic imine (C=N–C) groups is 1. The molecular formula is C16H25ClN4O2. The molecule has 1 amide bonds. The molecule has 2 N–H and O–H groups in total. The summed E-state index contributed by atoms with van der Waals surface area (Å²) < 4.78 is 5.02. The minimum Gasteiger partial charge on any atom is -0.383 e. The molecule has 1 atom stereocenters. The number of hydrogen-bond acceptors (Lipinski definition) is 3. The van der Waals surface area contributed by atoms with Crippen LogP contribution in [0.1, 0.15) is 18.5 Å². The molecule has 0 aromatic heterocycles. The topological polar surface area (TPSA) is 66.0 Å². The molecule has 1 aromatic rings. The van der Waals surface area contributed by atoms with Gasteiger partial charge < -0.3 is 20.3 Å². The molecule has 0 radical (unpaired) electrons. The summed E-state index contributed by atoms with van der Waals surface area (Å²) in [5.74, 6) is 0.498. The van der Waals surface area contributed by atoms with Gasteiger partial charge in [-0.25, -0.2) is 4.99 Å². The summed E-state index contributed by atoms with van der Waals surface area (Å²) in [6, 6.07) is 7.62. The SMILES string of the molecule is COCCNC(=NCC(=O)N(C)C)NC(C)c1cccc(Cl)c1. The monoisotopic (exact) mass is 340 g/mol. The van der Waals surface area contributed by atoms with Crippen LogP contribution >= 0.6 is 11.6 Å². The molecule has 0 aliphatic carbocycles.